The van der Waals surface area contributed by atoms with Crippen LogP contribution in [0.1, 0.15) is 38.8 Å². The second-order valence-corrected chi connectivity index (χ2v) is 6.25. The minimum Gasteiger partial charge on any atom is -0.484 e. The van der Waals surface area contributed by atoms with Crippen molar-refractivity contribution in [3.8, 4) is 5.75 Å². The van der Waals surface area contributed by atoms with E-state index in [1.807, 2.05) is 6.07 Å². The predicted octanol–water partition coefficient (Wildman–Crippen LogP) is 3.55. The van der Waals surface area contributed by atoms with Crippen molar-refractivity contribution in [2.45, 2.75) is 40.5 Å². The van der Waals surface area contributed by atoms with Crippen LogP contribution in [0.5, 0.6) is 5.75 Å². The second-order valence-electron chi connectivity index (χ2n) is 6.25. The van der Waals surface area contributed by atoms with Gasteiger partial charge in [0.05, 0.1) is 0 Å². The molecule has 3 nitrogen and oxygen atoms in total. The van der Waals surface area contributed by atoms with E-state index in [4.69, 9.17) is 4.74 Å². The Hall–Kier alpha value is -1.51. The Morgan fingerprint density at radius 1 is 1.33 bits per heavy atom. The fraction of sp³-hybridized carbons (Fsp3) is 0.611. The monoisotopic (exact) mass is 291 g/mol. The summed E-state index contributed by atoms with van der Waals surface area (Å²) in [7, 11) is 3.48. The first-order chi connectivity index (χ1) is 9.47. The van der Waals surface area contributed by atoms with Gasteiger partial charge < -0.3 is 9.64 Å². The van der Waals surface area contributed by atoms with Crippen LogP contribution in [0.2, 0.25) is 0 Å². The molecule has 0 saturated carbocycles. The van der Waals surface area contributed by atoms with Gasteiger partial charge in [0.15, 0.2) is 6.61 Å². The van der Waals surface area contributed by atoms with E-state index in [-0.39, 0.29) is 19.9 Å². The van der Waals surface area contributed by atoms with Crippen molar-refractivity contribution in [3.63, 3.8) is 0 Å². The van der Waals surface area contributed by atoms with Crippen LogP contribution in [0.4, 0.5) is 0 Å². The maximum atomic E-state index is 11.5. The molecule has 0 radical (unpaired) electrons. The van der Waals surface area contributed by atoms with E-state index in [1.165, 1.54) is 17.5 Å². The number of carbonyl (C=O) groups is 1. The Kier molecular flexibility index (Phi) is 6.25. The van der Waals surface area contributed by atoms with E-state index in [0.717, 1.165) is 30.4 Å². The highest BCUT2D eigenvalue weighted by atomic mass is 16.5. The average Bonchev–Trinajstić information content (AvgIpc) is 2.43. The first kappa shape index (κ1) is 17.5. The van der Waals surface area contributed by atoms with Crippen molar-refractivity contribution in [2.75, 3.05) is 20.7 Å². The SMILES string of the molecule is C.CC(C)C1CCc2ccc(OCC(=O)N(C)C)cc2C1. The summed E-state index contributed by atoms with van der Waals surface area (Å²) in [5, 5.41) is 0. The molecule has 1 atom stereocenters. The Morgan fingerprint density at radius 2 is 2.05 bits per heavy atom. The lowest BCUT2D eigenvalue weighted by atomic mass is 9.78. The normalized spacial score (nSPS) is 16.9. The van der Waals surface area contributed by atoms with Crippen LogP contribution >= 0.6 is 0 Å². The molecule has 1 aliphatic rings. The van der Waals surface area contributed by atoms with Crippen LogP contribution in [0, 0.1) is 11.8 Å². The molecular formula is C18H29NO2. The molecule has 0 saturated heterocycles. The number of carbonyl (C=O) groups excluding carboxylic acids is 1. The molecule has 1 aliphatic carbocycles. The van der Waals surface area contributed by atoms with Crippen molar-refractivity contribution in [1.29, 1.82) is 0 Å². The largest absolute Gasteiger partial charge is 0.484 e. The number of amides is 1. The van der Waals surface area contributed by atoms with E-state index in [0.29, 0.717) is 0 Å². The number of fused-ring (bicyclic) bond motifs is 1. The lowest BCUT2D eigenvalue weighted by Gasteiger charge is -2.27. The third kappa shape index (κ3) is 4.48. The number of hydrogen-bond acceptors (Lipinski definition) is 2. The number of likely N-dealkylation sites (N-methyl/N-ethyl adjacent to an activating group) is 1. The van der Waals surface area contributed by atoms with Crippen LogP contribution in [0.25, 0.3) is 0 Å². The number of rotatable bonds is 4. The molecule has 0 spiro atoms. The van der Waals surface area contributed by atoms with Gasteiger partial charge in [0, 0.05) is 14.1 Å². The van der Waals surface area contributed by atoms with Crippen molar-refractivity contribution in [2.24, 2.45) is 11.8 Å². The summed E-state index contributed by atoms with van der Waals surface area (Å²) in [6, 6.07) is 6.26. The number of nitrogens with zero attached hydrogens (tertiary/aromatic N) is 1. The van der Waals surface area contributed by atoms with Crippen LogP contribution < -0.4 is 4.74 Å². The van der Waals surface area contributed by atoms with Crippen LogP contribution in [0.15, 0.2) is 18.2 Å². The van der Waals surface area contributed by atoms with E-state index in [2.05, 4.69) is 26.0 Å². The summed E-state index contributed by atoms with van der Waals surface area (Å²) >= 11 is 0. The van der Waals surface area contributed by atoms with E-state index in [1.54, 1.807) is 19.0 Å². The molecule has 0 N–H and O–H groups in total. The molecule has 2 rings (SSSR count). The van der Waals surface area contributed by atoms with Gasteiger partial charge in [-0.3, -0.25) is 4.79 Å². The van der Waals surface area contributed by atoms with Crippen molar-refractivity contribution < 1.29 is 9.53 Å². The molecule has 1 aromatic rings. The van der Waals surface area contributed by atoms with Gasteiger partial charge in [-0.15, -0.1) is 0 Å². The summed E-state index contributed by atoms with van der Waals surface area (Å²) in [6.07, 6.45) is 3.57. The van der Waals surface area contributed by atoms with E-state index in [9.17, 15) is 4.79 Å². The third-order valence-electron chi connectivity index (χ3n) is 4.25. The third-order valence-corrected chi connectivity index (χ3v) is 4.25. The highest BCUT2D eigenvalue weighted by molar-refractivity contribution is 5.77. The average molecular weight is 291 g/mol. The van der Waals surface area contributed by atoms with Crippen LogP contribution in [-0.4, -0.2) is 31.5 Å². The molecule has 1 aromatic carbocycles. The van der Waals surface area contributed by atoms with Gasteiger partial charge in [0.25, 0.3) is 5.91 Å². The molecule has 118 valence electrons. The Morgan fingerprint density at radius 3 is 2.67 bits per heavy atom. The zero-order valence-corrected chi connectivity index (χ0v) is 13.0. The fourth-order valence-corrected chi connectivity index (χ4v) is 2.69. The fourth-order valence-electron chi connectivity index (χ4n) is 2.69. The van der Waals surface area contributed by atoms with Gasteiger partial charge in [0.2, 0.25) is 0 Å². The maximum absolute atomic E-state index is 11.5. The van der Waals surface area contributed by atoms with Crippen molar-refractivity contribution in [3.05, 3.63) is 29.3 Å². The highest BCUT2D eigenvalue weighted by Crippen LogP contribution is 2.32. The zero-order valence-electron chi connectivity index (χ0n) is 13.0. The molecule has 1 unspecified atom stereocenters. The molecule has 0 aromatic heterocycles. The molecule has 0 fully saturated rings. The Balaban J connectivity index is 0.00000220. The lowest BCUT2D eigenvalue weighted by Crippen LogP contribution is -2.27. The van der Waals surface area contributed by atoms with Crippen LogP contribution in [0.3, 0.4) is 0 Å². The molecule has 0 bridgehead atoms. The highest BCUT2D eigenvalue weighted by Gasteiger charge is 2.21. The molecule has 1 amide bonds. The predicted molar refractivity (Wildman–Crippen MR) is 87.7 cm³/mol. The molecule has 0 aliphatic heterocycles. The minimum absolute atomic E-state index is 0. The van der Waals surface area contributed by atoms with Crippen LogP contribution in [-0.2, 0) is 17.6 Å². The molecule has 21 heavy (non-hydrogen) atoms. The number of aryl methyl sites for hydroxylation is 1. The lowest BCUT2D eigenvalue weighted by molar-refractivity contribution is -0.130. The first-order valence-electron chi connectivity index (χ1n) is 7.42. The van der Waals surface area contributed by atoms with Gasteiger partial charge in [-0.2, -0.15) is 0 Å². The first-order valence-corrected chi connectivity index (χ1v) is 7.42. The topological polar surface area (TPSA) is 29.5 Å². The number of benzene rings is 1. The standard InChI is InChI=1S/C17H25NO2.CH4/c1-12(2)14-6-5-13-7-8-16(10-15(13)9-14)20-11-17(19)18(3)4;/h7-8,10,12,14H,5-6,9,11H2,1-4H3;1H4. The van der Waals surface area contributed by atoms with Gasteiger partial charge in [-0.05, 0) is 54.4 Å². The number of ether oxygens (including phenoxy) is 1. The molecular weight excluding hydrogens is 262 g/mol. The van der Waals surface area contributed by atoms with Crippen molar-refractivity contribution in [1.82, 2.24) is 4.90 Å². The van der Waals surface area contributed by atoms with Crippen molar-refractivity contribution >= 4 is 5.91 Å². The Labute approximate surface area is 129 Å². The van der Waals surface area contributed by atoms with E-state index >= 15 is 0 Å². The van der Waals surface area contributed by atoms with E-state index < -0.39 is 0 Å². The summed E-state index contributed by atoms with van der Waals surface area (Å²) in [4.78, 5) is 13.1. The quantitative estimate of drug-likeness (QED) is 0.849. The Bertz CT molecular complexity index is 480. The molecule has 0 heterocycles. The van der Waals surface area contributed by atoms with Gasteiger partial charge in [-0.25, -0.2) is 0 Å². The molecule has 3 heteroatoms. The zero-order chi connectivity index (χ0) is 14.7. The van der Waals surface area contributed by atoms with Gasteiger partial charge >= 0.3 is 0 Å². The summed E-state index contributed by atoms with van der Waals surface area (Å²) < 4.78 is 5.60. The van der Waals surface area contributed by atoms with Gasteiger partial charge in [-0.1, -0.05) is 27.3 Å². The summed E-state index contributed by atoms with van der Waals surface area (Å²) in [5.41, 5.74) is 2.83. The minimum atomic E-state index is -0.0113. The second kappa shape index (κ2) is 7.48. The number of hydrogen-bond donors (Lipinski definition) is 0. The smallest absolute Gasteiger partial charge is 0.259 e. The van der Waals surface area contributed by atoms with Gasteiger partial charge in [0.1, 0.15) is 5.75 Å². The maximum Gasteiger partial charge on any atom is 0.259 e. The summed E-state index contributed by atoms with van der Waals surface area (Å²) in [5.74, 6) is 2.29. The summed E-state index contributed by atoms with van der Waals surface area (Å²) in [6.45, 7) is 4.71.